The van der Waals surface area contributed by atoms with E-state index in [-0.39, 0.29) is 17.8 Å². The Labute approximate surface area is 121 Å². The molecular weight excluding hydrogens is 255 g/mol. The average Bonchev–Trinajstić information content (AvgIpc) is 2.36. The van der Waals surface area contributed by atoms with Gasteiger partial charge in [-0.2, -0.15) is 0 Å². The molecule has 0 aliphatic heterocycles. The molecule has 1 rings (SSSR count). The van der Waals surface area contributed by atoms with Gasteiger partial charge in [-0.25, -0.2) is 4.39 Å². The van der Waals surface area contributed by atoms with Gasteiger partial charge in [0.1, 0.15) is 5.82 Å². The zero-order valence-corrected chi connectivity index (χ0v) is 13.2. The van der Waals surface area contributed by atoms with Crippen molar-refractivity contribution in [1.82, 2.24) is 10.2 Å². The lowest BCUT2D eigenvalue weighted by Crippen LogP contribution is -2.42. The minimum absolute atomic E-state index is 0.0418. The molecule has 20 heavy (non-hydrogen) atoms. The maximum absolute atomic E-state index is 13.3. The Morgan fingerprint density at radius 1 is 1.30 bits per heavy atom. The third-order valence-corrected chi connectivity index (χ3v) is 3.52. The van der Waals surface area contributed by atoms with E-state index in [1.54, 1.807) is 19.1 Å². The molecule has 4 heteroatoms. The van der Waals surface area contributed by atoms with Gasteiger partial charge >= 0.3 is 0 Å². The first-order valence-corrected chi connectivity index (χ1v) is 7.15. The Hall–Kier alpha value is -0.970. The molecule has 3 nitrogen and oxygen atoms in total. The van der Waals surface area contributed by atoms with Crippen molar-refractivity contribution < 1.29 is 9.50 Å². The van der Waals surface area contributed by atoms with E-state index in [2.05, 4.69) is 24.1 Å². The monoisotopic (exact) mass is 282 g/mol. The van der Waals surface area contributed by atoms with Crippen molar-refractivity contribution in [1.29, 1.82) is 0 Å². The molecule has 0 fully saturated rings. The molecule has 0 radical (unpaired) electrons. The molecule has 2 atom stereocenters. The van der Waals surface area contributed by atoms with E-state index >= 15 is 0 Å². The lowest BCUT2D eigenvalue weighted by molar-refractivity contribution is 0.104. The first-order chi connectivity index (χ1) is 9.32. The van der Waals surface area contributed by atoms with Crippen LogP contribution in [0.1, 0.15) is 31.1 Å². The fourth-order valence-electron chi connectivity index (χ4n) is 2.23. The molecule has 1 aromatic rings. The van der Waals surface area contributed by atoms with Gasteiger partial charge in [0.05, 0.1) is 6.10 Å². The van der Waals surface area contributed by atoms with Crippen LogP contribution in [0.3, 0.4) is 0 Å². The van der Waals surface area contributed by atoms with Crippen molar-refractivity contribution in [3.63, 3.8) is 0 Å². The maximum atomic E-state index is 13.3. The second kappa shape index (κ2) is 7.72. The Balaban J connectivity index is 2.77. The number of hydrogen-bond acceptors (Lipinski definition) is 3. The van der Waals surface area contributed by atoms with Crippen molar-refractivity contribution >= 4 is 0 Å². The molecule has 0 saturated heterocycles. The number of halogens is 1. The highest BCUT2D eigenvalue weighted by Crippen LogP contribution is 2.23. The maximum Gasteiger partial charge on any atom is 0.126 e. The summed E-state index contributed by atoms with van der Waals surface area (Å²) in [6.07, 6.45) is -0.628. The fourth-order valence-corrected chi connectivity index (χ4v) is 2.23. The van der Waals surface area contributed by atoms with Crippen LogP contribution in [0.15, 0.2) is 18.2 Å². The zero-order valence-electron chi connectivity index (χ0n) is 13.2. The van der Waals surface area contributed by atoms with Gasteiger partial charge in [-0.15, -0.1) is 0 Å². The Morgan fingerprint density at radius 2 is 1.95 bits per heavy atom. The van der Waals surface area contributed by atoms with Gasteiger partial charge in [-0.1, -0.05) is 26.0 Å². The summed E-state index contributed by atoms with van der Waals surface area (Å²) in [4.78, 5) is 2.10. The quantitative estimate of drug-likeness (QED) is 0.806. The highest BCUT2D eigenvalue weighted by Gasteiger charge is 2.23. The number of hydrogen-bond donors (Lipinski definition) is 2. The van der Waals surface area contributed by atoms with Crippen molar-refractivity contribution in [3.05, 3.63) is 35.1 Å². The molecule has 0 bridgehead atoms. The molecule has 0 spiro atoms. The second-order valence-electron chi connectivity index (χ2n) is 5.98. The first-order valence-electron chi connectivity index (χ1n) is 7.15. The SMILES string of the molecule is Cc1cc(C(O)C(NCCN(C)C)C(C)C)ccc1F. The third-order valence-electron chi connectivity index (χ3n) is 3.52. The highest BCUT2D eigenvalue weighted by molar-refractivity contribution is 5.26. The summed E-state index contributed by atoms with van der Waals surface area (Å²) in [5.74, 6) is 0.0557. The van der Waals surface area contributed by atoms with Crippen molar-refractivity contribution in [2.75, 3.05) is 27.2 Å². The number of aliphatic hydroxyl groups is 1. The van der Waals surface area contributed by atoms with Crippen molar-refractivity contribution in [2.24, 2.45) is 5.92 Å². The topological polar surface area (TPSA) is 35.5 Å². The lowest BCUT2D eigenvalue weighted by Gasteiger charge is -2.28. The fraction of sp³-hybridized carbons (Fsp3) is 0.625. The van der Waals surface area contributed by atoms with Gasteiger partial charge in [0.2, 0.25) is 0 Å². The minimum Gasteiger partial charge on any atom is -0.387 e. The van der Waals surface area contributed by atoms with Crippen molar-refractivity contribution in [2.45, 2.75) is 32.9 Å². The molecule has 2 N–H and O–H groups in total. The van der Waals surface area contributed by atoms with Gasteiger partial charge < -0.3 is 15.3 Å². The van der Waals surface area contributed by atoms with Gasteiger partial charge in [0, 0.05) is 19.1 Å². The normalized spacial score (nSPS) is 14.8. The second-order valence-corrected chi connectivity index (χ2v) is 5.98. The predicted molar refractivity (Wildman–Crippen MR) is 81.3 cm³/mol. The number of nitrogens with zero attached hydrogens (tertiary/aromatic N) is 1. The summed E-state index contributed by atoms with van der Waals surface area (Å²) in [5, 5.41) is 13.9. The number of rotatable bonds is 7. The van der Waals surface area contributed by atoms with Crippen LogP contribution in [0.4, 0.5) is 4.39 Å². The van der Waals surface area contributed by atoms with Gasteiger partial charge in [0.25, 0.3) is 0 Å². The summed E-state index contributed by atoms with van der Waals surface area (Å²) in [6, 6.07) is 4.77. The molecule has 114 valence electrons. The molecule has 0 aliphatic rings. The minimum atomic E-state index is -0.628. The molecular formula is C16H27FN2O. The van der Waals surface area contributed by atoms with Gasteiger partial charge in [0.15, 0.2) is 0 Å². The van der Waals surface area contributed by atoms with E-state index in [4.69, 9.17) is 0 Å². The summed E-state index contributed by atoms with van der Waals surface area (Å²) in [7, 11) is 4.04. The number of nitrogens with one attached hydrogen (secondary N) is 1. The van der Waals surface area contributed by atoms with Crippen LogP contribution in [-0.4, -0.2) is 43.2 Å². The lowest BCUT2D eigenvalue weighted by atomic mass is 9.92. The zero-order chi connectivity index (χ0) is 15.3. The van der Waals surface area contributed by atoms with Crippen LogP contribution in [-0.2, 0) is 0 Å². The van der Waals surface area contributed by atoms with Crippen LogP contribution in [0.25, 0.3) is 0 Å². The van der Waals surface area contributed by atoms with E-state index in [9.17, 15) is 9.50 Å². The number of aliphatic hydroxyl groups excluding tert-OH is 1. The highest BCUT2D eigenvalue weighted by atomic mass is 19.1. The predicted octanol–water partition coefficient (Wildman–Crippen LogP) is 2.34. The first kappa shape index (κ1) is 17.1. The number of aryl methyl sites for hydroxylation is 1. The van der Waals surface area contributed by atoms with Gasteiger partial charge in [-0.05, 0) is 44.1 Å². The number of benzene rings is 1. The third kappa shape index (κ3) is 4.85. The van der Waals surface area contributed by atoms with E-state index in [0.717, 1.165) is 18.7 Å². The van der Waals surface area contributed by atoms with Crippen LogP contribution >= 0.6 is 0 Å². The summed E-state index contributed by atoms with van der Waals surface area (Å²) in [6.45, 7) is 7.60. The van der Waals surface area contributed by atoms with E-state index < -0.39 is 6.10 Å². The average molecular weight is 282 g/mol. The largest absolute Gasteiger partial charge is 0.387 e. The molecule has 0 heterocycles. The smallest absolute Gasteiger partial charge is 0.126 e. The van der Waals surface area contributed by atoms with E-state index in [0.29, 0.717) is 5.56 Å². The van der Waals surface area contributed by atoms with Crippen LogP contribution in [0.5, 0.6) is 0 Å². The summed E-state index contributed by atoms with van der Waals surface area (Å²) >= 11 is 0. The summed E-state index contributed by atoms with van der Waals surface area (Å²) < 4.78 is 13.3. The molecule has 0 amide bonds. The standard InChI is InChI=1S/C16H27FN2O/c1-11(2)15(18-8-9-19(4)5)16(20)13-6-7-14(17)12(3)10-13/h6-7,10-11,15-16,18,20H,8-9H2,1-5H3. The Morgan fingerprint density at radius 3 is 2.45 bits per heavy atom. The molecule has 2 unspecified atom stereocenters. The van der Waals surface area contributed by atoms with Crippen LogP contribution in [0, 0.1) is 18.7 Å². The van der Waals surface area contributed by atoms with E-state index in [1.165, 1.54) is 6.07 Å². The van der Waals surface area contributed by atoms with Crippen LogP contribution < -0.4 is 5.32 Å². The van der Waals surface area contributed by atoms with Crippen LogP contribution in [0.2, 0.25) is 0 Å². The van der Waals surface area contributed by atoms with Gasteiger partial charge in [-0.3, -0.25) is 0 Å². The molecule has 0 aromatic heterocycles. The molecule has 0 saturated carbocycles. The molecule has 0 aliphatic carbocycles. The van der Waals surface area contributed by atoms with E-state index in [1.807, 2.05) is 14.1 Å². The Bertz CT molecular complexity index is 421. The number of likely N-dealkylation sites (N-methyl/N-ethyl adjacent to an activating group) is 1. The Kier molecular flexibility index (Phi) is 6.59. The molecule has 1 aromatic carbocycles. The summed E-state index contributed by atoms with van der Waals surface area (Å²) in [5.41, 5.74) is 1.33. The van der Waals surface area contributed by atoms with Crippen molar-refractivity contribution in [3.8, 4) is 0 Å².